The molecule has 0 radical (unpaired) electrons. The van der Waals surface area contributed by atoms with Gasteiger partial charge in [-0.1, -0.05) is 34.8 Å². The summed E-state index contributed by atoms with van der Waals surface area (Å²) < 4.78 is 0. The maximum absolute atomic E-state index is 12.0. The van der Waals surface area contributed by atoms with Gasteiger partial charge < -0.3 is 10.2 Å². The molecule has 0 bridgehead atoms. The first-order valence-corrected chi connectivity index (χ1v) is 7.28. The molecule has 0 aliphatic rings. The quantitative estimate of drug-likeness (QED) is 0.837. The SMILES string of the molecule is CCN(CC(=O)Nc1c(Cl)cccc1Cl)C(=O)C=C(C)C. The van der Waals surface area contributed by atoms with Crippen LogP contribution < -0.4 is 5.32 Å². The fraction of sp³-hybridized carbons (Fsp3) is 0.333. The first-order valence-electron chi connectivity index (χ1n) is 6.52. The third kappa shape index (κ3) is 5.40. The highest BCUT2D eigenvalue weighted by molar-refractivity contribution is 6.39. The van der Waals surface area contributed by atoms with Crippen molar-refractivity contribution in [2.75, 3.05) is 18.4 Å². The third-order valence-corrected chi connectivity index (χ3v) is 3.30. The number of amides is 2. The van der Waals surface area contributed by atoms with Gasteiger partial charge in [-0.15, -0.1) is 0 Å². The van der Waals surface area contributed by atoms with Crippen LogP contribution in [0.3, 0.4) is 0 Å². The van der Waals surface area contributed by atoms with Crippen LogP contribution in [0.15, 0.2) is 29.8 Å². The van der Waals surface area contributed by atoms with E-state index >= 15 is 0 Å². The van der Waals surface area contributed by atoms with E-state index in [2.05, 4.69) is 5.32 Å². The van der Waals surface area contributed by atoms with E-state index in [9.17, 15) is 9.59 Å². The third-order valence-electron chi connectivity index (χ3n) is 2.67. The van der Waals surface area contributed by atoms with Gasteiger partial charge in [0.25, 0.3) is 0 Å². The molecule has 2 amide bonds. The number of para-hydroxylation sites is 1. The van der Waals surface area contributed by atoms with Crippen molar-refractivity contribution in [3.05, 3.63) is 39.9 Å². The Balaban J connectivity index is 2.76. The summed E-state index contributed by atoms with van der Waals surface area (Å²) >= 11 is 12.0. The highest BCUT2D eigenvalue weighted by atomic mass is 35.5. The van der Waals surface area contributed by atoms with Crippen LogP contribution >= 0.6 is 23.2 Å². The molecule has 0 aliphatic carbocycles. The standard InChI is InChI=1S/C15H18Cl2N2O2/c1-4-19(14(21)8-10(2)3)9-13(20)18-15-11(16)6-5-7-12(15)17/h5-8H,4,9H2,1-3H3,(H,18,20). The van der Waals surface area contributed by atoms with Crippen molar-refractivity contribution in [3.63, 3.8) is 0 Å². The van der Waals surface area contributed by atoms with Crippen LogP contribution in [0.2, 0.25) is 10.0 Å². The molecule has 6 heteroatoms. The van der Waals surface area contributed by atoms with Crippen LogP contribution in [0.5, 0.6) is 0 Å². The van der Waals surface area contributed by atoms with E-state index in [0.717, 1.165) is 5.57 Å². The molecule has 4 nitrogen and oxygen atoms in total. The molecule has 21 heavy (non-hydrogen) atoms. The highest BCUT2D eigenvalue weighted by Crippen LogP contribution is 2.29. The molecular formula is C15H18Cl2N2O2. The Kier molecular flexibility index (Phi) is 6.72. The van der Waals surface area contributed by atoms with Gasteiger partial charge in [-0.3, -0.25) is 9.59 Å². The van der Waals surface area contributed by atoms with Crippen molar-refractivity contribution in [1.29, 1.82) is 0 Å². The van der Waals surface area contributed by atoms with Crippen LogP contribution in [0.1, 0.15) is 20.8 Å². The molecule has 1 rings (SSSR count). The number of rotatable bonds is 5. The number of allylic oxidation sites excluding steroid dienone is 1. The van der Waals surface area contributed by atoms with Gasteiger partial charge in [-0.2, -0.15) is 0 Å². The number of likely N-dealkylation sites (N-methyl/N-ethyl adjacent to an activating group) is 1. The second-order valence-corrected chi connectivity index (χ2v) is 5.53. The molecule has 0 spiro atoms. The average molecular weight is 329 g/mol. The summed E-state index contributed by atoms with van der Waals surface area (Å²) in [6, 6.07) is 4.96. The Labute approximate surface area is 134 Å². The molecule has 1 N–H and O–H groups in total. The minimum atomic E-state index is -0.345. The zero-order chi connectivity index (χ0) is 16.0. The number of carbonyl (C=O) groups is 2. The number of halogens is 2. The number of hydrogen-bond donors (Lipinski definition) is 1. The van der Waals surface area contributed by atoms with E-state index in [1.807, 2.05) is 20.8 Å². The predicted octanol–water partition coefficient (Wildman–Crippen LogP) is 3.75. The van der Waals surface area contributed by atoms with E-state index in [-0.39, 0.29) is 18.4 Å². The maximum Gasteiger partial charge on any atom is 0.246 e. The highest BCUT2D eigenvalue weighted by Gasteiger charge is 2.15. The van der Waals surface area contributed by atoms with Gasteiger partial charge >= 0.3 is 0 Å². The lowest BCUT2D eigenvalue weighted by Gasteiger charge is -2.19. The number of nitrogens with zero attached hydrogens (tertiary/aromatic N) is 1. The van der Waals surface area contributed by atoms with Gasteiger partial charge in [0.2, 0.25) is 11.8 Å². The smallest absolute Gasteiger partial charge is 0.246 e. The summed E-state index contributed by atoms with van der Waals surface area (Å²) in [6.45, 7) is 5.85. The van der Waals surface area contributed by atoms with Gasteiger partial charge in [0, 0.05) is 12.6 Å². The van der Waals surface area contributed by atoms with Crippen molar-refractivity contribution in [1.82, 2.24) is 4.90 Å². The van der Waals surface area contributed by atoms with Gasteiger partial charge in [0.05, 0.1) is 15.7 Å². The van der Waals surface area contributed by atoms with Crippen LogP contribution in [-0.4, -0.2) is 29.8 Å². The molecule has 0 unspecified atom stereocenters. The lowest BCUT2D eigenvalue weighted by Crippen LogP contribution is -2.37. The van der Waals surface area contributed by atoms with Crippen LogP contribution in [-0.2, 0) is 9.59 Å². The van der Waals surface area contributed by atoms with Crippen LogP contribution in [0.25, 0.3) is 0 Å². The molecule has 0 aromatic heterocycles. The lowest BCUT2D eigenvalue weighted by atomic mass is 10.3. The first kappa shape index (κ1) is 17.5. The first-order chi connectivity index (χ1) is 9.85. The largest absolute Gasteiger partial charge is 0.330 e. The van der Waals surface area contributed by atoms with E-state index in [0.29, 0.717) is 22.3 Å². The van der Waals surface area contributed by atoms with Crippen molar-refractivity contribution in [3.8, 4) is 0 Å². The number of nitrogens with one attached hydrogen (secondary N) is 1. The monoisotopic (exact) mass is 328 g/mol. The Hall–Kier alpha value is -1.52. The number of hydrogen-bond acceptors (Lipinski definition) is 2. The summed E-state index contributed by atoms with van der Waals surface area (Å²) in [5.41, 5.74) is 1.24. The summed E-state index contributed by atoms with van der Waals surface area (Å²) in [6.07, 6.45) is 1.50. The Morgan fingerprint density at radius 2 is 1.81 bits per heavy atom. The van der Waals surface area contributed by atoms with Crippen molar-refractivity contribution >= 4 is 40.7 Å². The molecular weight excluding hydrogens is 311 g/mol. The second kappa shape index (κ2) is 8.05. The molecule has 0 saturated heterocycles. The molecule has 0 fully saturated rings. The summed E-state index contributed by atoms with van der Waals surface area (Å²) in [5.74, 6) is -0.541. The molecule has 0 aliphatic heterocycles. The van der Waals surface area contributed by atoms with Crippen molar-refractivity contribution < 1.29 is 9.59 Å². The van der Waals surface area contributed by atoms with Gasteiger partial charge in [-0.25, -0.2) is 0 Å². The zero-order valence-corrected chi connectivity index (χ0v) is 13.8. The minimum Gasteiger partial charge on any atom is -0.330 e. The molecule has 0 atom stereocenters. The van der Waals surface area contributed by atoms with E-state index in [1.54, 1.807) is 18.2 Å². The van der Waals surface area contributed by atoms with E-state index in [1.165, 1.54) is 11.0 Å². The van der Waals surface area contributed by atoms with Crippen LogP contribution in [0.4, 0.5) is 5.69 Å². The van der Waals surface area contributed by atoms with Crippen LogP contribution in [0, 0.1) is 0 Å². The topological polar surface area (TPSA) is 49.4 Å². The summed E-state index contributed by atoms with van der Waals surface area (Å²) in [4.78, 5) is 25.4. The molecule has 1 aromatic rings. The Morgan fingerprint density at radius 3 is 2.29 bits per heavy atom. The van der Waals surface area contributed by atoms with Gasteiger partial charge in [-0.05, 0) is 32.9 Å². The van der Waals surface area contributed by atoms with Gasteiger partial charge in [0.1, 0.15) is 6.54 Å². The van der Waals surface area contributed by atoms with Gasteiger partial charge in [0.15, 0.2) is 0 Å². The van der Waals surface area contributed by atoms with Crippen molar-refractivity contribution in [2.45, 2.75) is 20.8 Å². The Bertz CT molecular complexity index is 547. The molecule has 0 heterocycles. The fourth-order valence-electron chi connectivity index (χ4n) is 1.65. The Morgan fingerprint density at radius 1 is 1.24 bits per heavy atom. The average Bonchev–Trinajstić information content (AvgIpc) is 2.39. The lowest BCUT2D eigenvalue weighted by molar-refractivity contribution is -0.130. The van der Waals surface area contributed by atoms with Crippen molar-refractivity contribution in [2.24, 2.45) is 0 Å². The number of benzene rings is 1. The summed E-state index contributed by atoms with van der Waals surface area (Å²) in [5, 5.41) is 3.35. The molecule has 0 saturated carbocycles. The number of carbonyl (C=O) groups excluding carboxylic acids is 2. The fourth-order valence-corrected chi connectivity index (χ4v) is 2.15. The second-order valence-electron chi connectivity index (χ2n) is 4.72. The number of anilines is 1. The van der Waals surface area contributed by atoms with E-state index < -0.39 is 0 Å². The minimum absolute atomic E-state index is 0.0549. The zero-order valence-electron chi connectivity index (χ0n) is 12.2. The molecule has 114 valence electrons. The molecule has 1 aromatic carbocycles. The maximum atomic E-state index is 12.0. The van der Waals surface area contributed by atoms with E-state index in [4.69, 9.17) is 23.2 Å². The summed E-state index contributed by atoms with van der Waals surface area (Å²) in [7, 11) is 0. The predicted molar refractivity (Wildman–Crippen MR) is 86.8 cm³/mol. The normalized spacial score (nSPS) is 9.95.